The minimum atomic E-state index is -0.424. The van der Waals surface area contributed by atoms with Gasteiger partial charge in [0.1, 0.15) is 28.2 Å². The Balaban J connectivity index is 1.82. The third-order valence-corrected chi connectivity index (χ3v) is 6.07. The second kappa shape index (κ2) is 8.92. The molecule has 0 aliphatic heterocycles. The molecule has 0 saturated carbocycles. The van der Waals surface area contributed by atoms with Crippen LogP contribution in [0.4, 0.5) is 5.82 Å². The molecule has 0 aliphatic carbocycles. The first-order valence-corrected chi connectivity index (χ1v) is 11.6. The SMILES string of the molecule is COc1cccc(-c2cc(-c3cccnc3)nc3nc(-n4nc(SC)c(C#N)c4N)[nH]c(=O)c23)c1. The van der Waals surface area contributed by atoms with Crippen LogP contribution in [0.15, 0.2) is 64.7 Å². The van der Waals surface area contributed by atoms with E-state index in [9.17, 15) is 10.1 Å². The van der Waals surface area contributed by atoms with Crippen molar-refractivity contribution in [1.82, 2.24) is 29.7 Å². The number of hydrogen-bond acceptors (Lipinski definition) is 9. The zero-order valence-corrected chi connectivity index (χ0v) is 19.5. The number of methoxy groups -OCH3 is 1. The summed E-state index contributed by atoms with van der Waals surface area (Å²) in [6.45, 7) is 0. The Labute approximate surface area is 203 Å². The predicted molar refractivity (Wildman–Crippen MR) is 133 cm³/mol. The van der Waals surface area contributed by atoms with Gasteiger partial charge in [-0.3, -0.25) is 14.8 Å². The van der Waals surface area contributed by atoms with Crippen LogP contribution >= 0.6 is 11.8 Å². The van der Waals surface area contributed by atoms with Crippen molar-refractivity contribution in [1.29, 1.82) is 5.26 Å². The van der Waals surface area contributed by atoms with Crippen molar-refractivity contribution in [3.05, 3.63) is 70.8 Å². The molecule has 4 heterocycles. The molecule has 4 aromatic heterocycles. The van der Waals surface area contributed by atoms with Crippen molar-refractivity contribution in [3.8, 4) is 40.2 Å². The third kappa shape index (κ3) is 3.85. The van der Waals surface area contributed by atoms with E-state index in [-0.39, 0.29) is 23.0 Å². The number of nitrogen functional groups attached to an aromatic ring is 1. The van der Waals surface area contributed by atoms with Gasteiger partial charge in [0, 0.05) is 23.5 Å². The monoisotopic (exact) mass is 482 g/mol. The highest BCUT2D eigenvalue weighted by molar-refractivity contribution is 7.98. The molecule has 3 N–H and O–H groups in total. The lowest BCUT2D eigenvalue weighted by Crippen LogP contribution is -2.17. The first-order chi connectivity index (χ1) is 17.0. The summed E-state index contributed by atoms with van der Waals surface area (Å²) in [6.07, 6.45) is 5.14. The number of nitriles is 1. The number of aromatic amines is 1. The quantitative estimate of drug-likeness (QED) is 0.359. The maximum absolute atomic E-state index is 13.4. The van der Waals surface area contributed by atoms with Crippen LogP contribution in [-0.2, 0) is 0 Å². The number of hydrogen-bond donors (Lipinski definition) is 2. The number of nitrogens with two attached hydrogens (primary N) is 1. The van der Waals surface area contributed by atoms with Gasteiger partial charge in [-0.05, 0) is 42.2 Å². The van der Waals surface area contributed by atoms with E-state index in [1.165, 1.54) is 16.4 Å². The summed E-state index contributed by atoms with van der Waals surface area (Å²) in [6, 6.07) is 14.9. The van der Waals surface area contributed by atoms with Gasteiger partial charge in [0.25, 0.3) is 5.56 Å². The van der Waals surface area contributed by atoms with Gasteiger partial charge < -0.3 is 10.5 Å². The normalized spacial score (nSPS) is 10.9. The van der Waals surface area contributed by atoms with E-state index in [0.29, 0.717) is 27.4 Å². The lowest BCUT2D eigenvalue weighted by atomic mass is 10.0. The first kappa shape index (κ1) is 22.1. The van der Waals surface area contributed by atoms with Crippen LogP contribution < -0.4 is 16.0 Å². The Morgan fingerprint density at radius 2 is 2.00 bits per heavy atom. The molecule has 0 radical (unpaired) electrons. The van der Waals surface area contributed by atoms with Crippen LogP contribution in [-0.4, -0.2) is 43.1 Å². The molecule has 5 aromatic rings. The lowest BCUT2D eigenvalue weighted by molar-refractivity contribution is 0.415. The van der Waals surface area contributed by atoms with E-state index in [1.807, 2.05) is 42.5 Å². The number of aromatic nitrogens is 6. The van der Waals surface area contributed by atoms with E-state index < -0.39 is 5.56 Å². The molecule has 0 amide bonds. The number of anilines is 1. The Bertz CT molecular complexity index is 1670. The van der Waals surface area contributed by atoms with Gasteiger partial charge in [0.15, 0.2) is 5.65 Å². The number of fused-ring (bicyclic) bond motifs is 1. The Kier molecular flexibility index (Phi) is 5.64. The maximum atomic E-state index is 13.4. The summed E-state index contributed by atoms with van der Waals surface area (Å²) in [5.74, 6) is 0.786. The van der Waals surface area contributed by atoms with Gasteiger partial charge >= 0.3 is 0 Å². The molecular weight excluding hydrogens is 464 g/mol. The first-order valence-electron chi connectivity index (χ1n) is 10.4. The molecule has 172 valence electrons. The van der Waals surface area contributed by atoms with Crippen molar-refractivity contribution in [2.45, 2.75) is 5.03 Å². The molecule has 0 aliphatic rings. The summed E-state index contributed by atoms with van der Waals surface area (Å²) in [5, 5.41) is 14.5. The molecule has 0 fully saturated rings. The summed E-state index contributed by atoms with van der Waals surface area (Å²) in [4.78, 5) is 29.6. The molecular formula is C24H18N8O2S. The molecule has 0 spiro atoms. The van der Waals surface area contributed by atoms with Crippen molar-refractivity contribution in [2.75, 3.05) is 19.1 Å². The van der Waals surface area contributed by atoms with Crippen molar-refractivity contribution >= 4 is 28.6 Å². The van der Waals surface area contributed by atoms with Gasteiger partial charge in [0.2, 0.25) is 5.95 Å². The van der Waals surface area contributed by atoms with E-state index in [2.05, 4.69) is 25.0 Å². The van der Waals surface area contributed by atoms with Crippen LogP contribution in [0.2, 0.25) is 0 Å². The number of nitrogens with zero attached hydrogens (tertiary/aromatic N) is 6. The molecule has 0 saturated heterocycles. The van der Waals surface area contributed by atoms with Gasteiger partial charge in [-0.25, -0.2) is 4.98 Å². The molecule has 11 heteroatoms. The molecule has 1 aromatic carbocycles. The summed E-state index contributed by atoms with van der Waals surface area (Å²) in [7, 11) is 1.58. The number of benzene rings is 1. The van der Waals surface area contributed by atoms with Crippen LogP contribution in [0.5, 0.6) is 5.75 Å². The third-order valence-electron chi connectivity index (χ3n) is 5.40. The van der Waals surface area contributed by atoms with Crippen LogP contribution in [0.1, 0.15) is 5.56 Å². The highest BCUT2D eigenvalue weighted by atomic mass is 32.2. The smallest absolute Gasteiger partial charge is 0.262 e. The number of pyridine rings is 2. The number of ether oxygens (including phenoxy) is 1. The fraction of sp³-hybridized carbons (Fsp3) is 0.0833. The number of thioether (sulfide) groups is 1. The largest absolute Gasteiger partial charge is 0.497 e. The number of rotatable bonds is 5. The summed E-state index contributed by atoms with van der Waals surface area (Å²) in [5.41, 5.74) is 8.88. The maximum Gasteiger partial charge on any atom is 0.262 e. The van der Waals surface area contributed by atoms with Gasteiger partial charge in [-0.15, -0.1) is 11.8 Å². The highest BCUT2D eigenvalue weighted by Crippen LogP contribution is 2.32. The van der Waals surface area contributed by atoms with Crippen LogP contribution in [0, 0.1) is 11.3 Å². The Hall–Kier alpha value is -4.69. The summed E-state index contributed by atoms with van der Waals surface area (Å²) >= 11 is 1.27. The van der Waals surface area contributed by atoms with E-state index in [0.717, 1.165) is 11.1 Å². The fourth-order valence-corrected chi connectivity index (χ4v) is 4.25. The molecule has 0 unspecified atom stereocenters. The standard InChI is InChI=1S/C24H18N8O2S/c1-34-15-7-3-5-13(9-15)16-10-18(14-6-4-8-27-12-14)28-21-19(16)22(33)30-24(29-21)32-20(26)17(11-25)23(31-32)35-2/h3-10,12H,26H2,1-2H3,(H,28,29,30,33). The number of nitrogens with one attached hydrogen (secondary N) is 1. The molecule has 10 nitrogen and oxygen atoms in total. The van der Waals surface area contributed by atoms with E-state index >= 15 is 0 Å². The zero-order chi connectivity index (χ0) is 24.5. The van der Waals surface area contributed by atoms with Gasteiger partial charge in [-0.1, -0.05) is 12.1 Å². The zero-order valence-electron chi connectivity index (χ0n) is 18.7. The number of H-pyrrole nitrogens is 1. The predicted octanol–water partition coefficient (Wildman–Crippen LogP) is 3.42. The minimum absolute atomic E-state index is 0.0595. The fourth-order valence-electron chi connectivity index (χ4n) is 3.73. The highest BCUT2D eigenvalue weighted by Gasteiger charge is 2.20. The van der Waals surface area contributed by atoms with Gasteiger partial charge in [-0.2, -0.15) is 20.0 Å². The van der Waals surface area contributed by atoms with Crippen LogP contribution in [0.25, 0.3) is 39.4 Å². The van der Waals surface area contributed by atoms with Crippen molar-refractivity contribution < 1.29 is 4.74 Å². The Morgan fingerprint density at radius 3 is 2.69 bits per heavy atom. The molecule has 0 bridgehead atoms. The van der Waals surface area contributed by atoms with Crippen molar-refractivity contribution in [3.63, 3.8) is 0 Å². The molecule has 0 atom stereocenters. The average molecular weight is 483 g/mol. The lowest BCUT2D eigenvalue weighted by Gasteiger charge is -2.11. The summed E-state index contributed by atoms with van der Waals surface area (Å²) < 4.78 is 6.62. The molecule has 5 rings (SSSR count). The van der Waals surface area contributed by atoms with Crippen molar-refractivity contribution in [2.24, 2.45) is 0 Å². The molecule has 35 heavy (non-hydrogen) atoms. The minimum Gasteiger partial charge on any atom is -0.497 e. The van der Waals surface area contributed by atoms with Gasteiger partial charge in [0.05, 0.1) is 18.2 Å². The second-order valence-corrected chi connectivity index (χ2v) is 8.20. The van der Waals surface area contributed by atoms with E-state index in [1.54, 1.807) is 31.8 Å². The average Bonchev–Trinajstić information content (AvgIpc) is 3.23. The second-order valence-electron chi connectivity index (χ2n) is 7.41. The Morgan fingerprint density at radius 1 is 1.17 bits per heavy atom. The topological polar surface area (TPSA) is 148 Å². The van der Waals surface area contributed by atoms with Crippen LogP contribution in [0.3, 0.4) is 0 Å². The van der Waals surface area contributed by atoms with E-state index in [4.69, 9.17) is 10.5 Å².